The fourth-order valence-corrected chi connectivity index (χ4v) is 3.84. The van der Waals surface area contributed by atoms with Gasteiger partial charge in [-0.3, -0.25) is 0 Å². The van der Waals surface area contributed by atoms with Gasteiger partial charge in [-0.2, -0.15) is 0 Å². The minimum atomic E-state index is 0.364. The number of benzene rings is 1. The largest absolute Gasteiger partial charge is 0.497 e. The van der Waals surface area contributed by atoms with E-state index in [4.69, 9.17) is 4.74 Å². The van der Waals surface area contributed by atoms with Crippen molar-refractivity contribution in [3.05, 3.63) is 23.8 Å². The molecule has 2 fully saturated rings. The molecule has 1 saturated carbocycles. The monoisotopic (exact) mass is 274 g/mol. The number of rotatable bonds is 2. The second-order valence-corrected chi connectivity index (χ2v) is 6.34. The van der Waals surface area contributed by atoms with Gasteiger partial charge in [-0.1, -0.05) is 19.3 Å². The highest BCUT2D eigenvalue weighted by molar-refractivity contribution is 5.56. The summed E-state index contributed by atoms with van der Waals surface area (Å²) in [6.45, 7) is 5.55. The lowest BCUT2D eigenvalue weighted by molar-refractivity contribution is 0.216. The standard InChI is InChI=1S/C17H26N2O/c1-14-12-15(20-2)6-7-16(14)19-11-10-18-17(13-19)8-4-3-5-9-17/h6-7,12,18H,3-5,8-11,13H2,1-2H3. The van der Waals surface area contributed by atoms with Crippen molar-refractivity contribution in [2.24, 2.45) is 0 Å². The maximum Gasteiger partial charge on any atom is 0.119 e. The van der Waals surface area contributed by atoms with Gasteiger partial charge in [0.1, 0.15) is 5.75 Å². The van der Waals surface area contributed by atoms with Crippen molar-refractivity contribution in [3.63, 3.8) is 0 Å². The molecule has 3 rings (SSSR count). The van der Waals surface area contributed by atoms with Crippen molar-refractivity contribution in [1.29, 1.82) is 0 Å². The summed E-state index contributed by atoms with van der Waals surface area (Å²) in [5, 5.41) is 3.81. The molecule has 1 aromatic rings. The molecule has 1 aliphatic heterocycles. The van der Waals surface area contributed by atoms with Crippen LogP contribution in [-0.2, 0) is 0 Å². The second kappa shape index (κ2) is 5.65. The maximum atomic E-state index is 5.32. The molecule has 0 aromatic heterocycles. The van der Waals surface area contributed by atoms with Gasteiger partial charge in [-0.05, 0) is 43.5 Å². The number of hydrogen-bond donors (Lipinski definition) is 1. The van der Waals surface area contributed by atoms with Crippen molar-refractivity contribution < 1.29 is 4.74 Å². The molecule has 2 aliphatic rings. The third-order valence-corrected chi connectivity index (χ3v) is 4.93. The predicted octanol–water partition coefficient (Wildman–Crippen LogP) is 3.12. The minimum Gasteiger partial charge on any atom is -0.497 e. The summed E-state index contributed by atoms with van der Waals surface area (Å²) in [6, 6.07) is 6.44. The molecule has 0 unspecified atom stereocenters. The molecule has 1 aromatic carbocycles. The highest BCUT2D eigenvalue weighted by Gasteiger charge is 2.36. The van der Waals surface area contributed by atoms with Crippen molar-refractivity contribution in [1.82, 2.24) is 5.32 Å². The van der Waals surface area contributed by atoms with Crippen LogP contribution in [0.3, 0.4) is 0 Å². The Morgan fingerprint density at radius 2 is 2.00 bits per heavy atom. The van der Waals surface area contributed by atoms with Crippen LogP contribution in [-0.4, -0.2) is 32.3 Å². The normalized spacial score (nSPS) is 22.0. The van der Waals surface area contributed by atoms with Crippen LogP contribution in [0.1, 0.15) is 37.7 Å². The molecule has 0 bridgehead atoms. The van der Waals surface area contributed by atoms with E-state index in [1.54, 1.807) is 7.11 Å². The van der Waals surface area contributed by atoms with Gasteiger partial charge in [-0.15, -0.1) is 0 Å². The van der Waals surface area contributed by atoms with Crippen LogP contribution in [0, 0.1) is 6.92 Å². The quantitative estimate of drug-likeness (QED) is 0.897. The van der Waals surface area contributed by atoms with Gasteiger partial charge in [0, 0.05) is 30.9 Å². The van der Waals surface area contributed by atoms with Crippen LogP contribution < -0.4 is 15.0 Å². The van der Waals surface area contributed by atoms with E-state index >= 15 is 0 Å². The second-order valence-electron chi connectivity index (χ2n) is 6.34. The Morgan fingerprint density at radius 3 is 2.70 bits per heavy atom. The molecule has 1 saturated heterocycles. The molecule has 3 heteroatoms. The molecule has 0 radical (unpaired) electrons. The van der Waals surface area contributed by atoms with Crippen molar-refractivity contribution in [3.8, 4) is 5.75 Å². The van der Waals surface area contributed by atoms with Gasteiger partial charge < -0.3 is 15.0 Å². The van der Waals surface area contributed by atoms with Crippen LogP contribution in [0.2, 0.25) is 0 Å². The number of nitrogens with zero attached hydrogens (tertiary/aromatic N) is 1. The summed E-state index contributed by atoms with van der Waals surface area (Å²) in [5.41, 5.74) is 3.05. The SMILES string of the molecule is COc1ccc(N2CCNC3(CCCCC3)C2)c(C)c1. The molecule has 3 nitrogen and oxygen atoms in total. The summed E-state index contributed by atoms with van der Waals surface area (Å²) in [5.74, 6) is 0.953. The Morgan fingerprint density at radius 1 is 1.20 bits per heavy atom. The smallest absolute Gasteiger partial charge is 0.119 e. The van der Waals surface area contributed by atoms with Gasteiger partial charge >= 0.3 is 0 Å². The third kappa shape index (κ3) is 2.64. The van der Waals surface area contributed by atoms with E-state index < -0.39 is 0 Å². The number of aryl methyl sites for hydroxylation is 1. The van der Waals surface area contributed by atoms with Crippen molar-refractivity contribution in [2.75, 3.05) is 31.6 Å². The number of anilines is 1. The van der Waals surface area contributed by atoms with E-state index in [2.05, 4.69) is 35.3 Å². The van der Waals surface area contributed by atoms with Gasteiger partial charge in [0.25, 0.3) is 0 Å². The van der Waals surface area contributed by atoms with E-state index in [9.17, 15) is 0 Å². The zero-order valence-corrected chi connectivity index (χ0v) is 12.7. The zero-order valence-electron chi connectivity index (χ0n) is 12.7. The lowest BCUT2D eigenvalue weighted by atomic mass is 9.80. The fourth-order valence-electron chi connectivity index (χ4n) is 3.84. The Labute approximate surface area is 122 Å². The Kier molecular flexibility index (Phi) is 3.88. The number of ether oxygens (including phenoxy) is 1. The van der Waals surface area contributed by atoms with Gasteiger partial charge in [0.2, 0.25) is 0 Å². The fraction of sp³-hybridized carbons (Fsp3) is 0.647. The first-order chi connectivity index (χ1) is 9.72. The van der Waals surface area contributed by atoms with Crippen LogP contribution in [0.4, 0.5) is 5.69 Å². The summed E-state index contributed by atoms with van der Waals surface area (Å²) >= 11 is 0. The van der Waals surface area contributed by atoms with Crippen LogP contribution in [0.5, 0.6) is 5.75 Å². The van der Waals surface area contributed by atoms with E-state index in [0.717, 1.165) is 25.4 Å². The molecular weight excluding hydrogens is 248 g/mol. The topological polar surface area (TPSA) is 24.5 Å². The molecule has 0 amide bonds. The Balaban J connectivity index is 1.79. The average Bonchev–Trinajstić information content (AvgIpc) is 2.48. The third-order valence-electron chi connectivity index (χ3n) is 4.93. The van der Waals surface area contributed by atoms with Gasteiger partial charge in [-0.25, -0.2) is 0 Å². The molecule has 1 N–H and O–H groups in total. The summed E-state index contributed by atoms with van der Waals surface area (Å²) < 4.78 is 5.32. The van der Waals surface area contributed by atoms with Gasteiger partial charge in [0.05, 0.1) is 7.11 Å². The highest BCUT2D eigenvalue weighted by atomic mass is 16.5. The summed E-state index contributed by atoms with van der Waals surface area (Å²) in [4.78, 5) is 2.57. The van der Waals surface area contributed by atoms with Crippen molar-refractivity contribution >= 4 is 5.69 Å². The lowest BCUT2D eigenvalue weighted by Crippen LogP contribution is -2.61. The number of piperazine rings is 1. The Hall–Kier alpha value is -1.22. The number of methoxy groups -OCH3 is 1. The van der Waals surface area contributed by atoms with Gasteiger partial charge in [0.15, 0.2) is 0 Å². The molecule has 1 aliphatic carbocycles. The minimum absolute atomic E-state index is 0.364. The summed E-state index contributed by atoms with van der Waals surface area (Å²) in [6.07, 6.45) is 6.83. The van der Waals surface area contributed by atoms with Crippen molar-refractivity contribution in [2.45, 2.75) is 44.6 Å². The molecule has 0 atom stereocenters. The van der Waals surface area contributed by atoms with E-state index in [-0.39, 0.29) is 0 Å². The molecule has 1 spiro atoms. The first-order valence-electron chi connectivity index (χ1n) is 7.87. The molecule has 1 heterocycles. The Bertz CT molecular complexity index is 461. The first-order valence-corrected chi connectivity index (χ1v) is 7.87. The molecule has 20 heavy (non-hydrogen) atoms. The molecule has 110 valence electrons. The maximum absolute atomic E-state index is 5.32. The number of nitrogens with one attached hydrogen (secondary N) is 1. The van der Waals surface area contributed by atoms with Crippen LogP contribution >= 0.6 is 0 Å². The lowest BCUT2D eigenvalue weighted by Gasteiger charge is -2.47. The van der Waals surface area contributed by atoms with Crippen LogP contribution in [0.15, 0.2) is 18.2 Å². The van der Waals surface area contributed by atoms with E-state index in [1.807, 2.05) is 0 Å². The predicted molar refractivity (Wildman–Crippen MR) is 83.8 cm³/mol. The molecular formula is C17H26N2O. The summed E-state index contributed by atoms with van der Waals surface area (Å²) in [7, 11) is 1.73. The van der Waals surface area contributed by atoms with Crippen LogP contribution in [0.25, 0.3) is 0 Å². The van der Waals surface area contributed by atoms with E-state index in [0.29, 0.717) is 5.54 Å². The first kappa shape index (κ1) is 13.7. The zero-order chi connectivity index (χ0) is 14.0. The highest BCUT2D eigenvalue weighted by Crippen LogP contribution is 2.33. The average molecular weight is 274 g/mol. The van der Waals surface area contributed by atoms with E-state index in [1.165, 1.54) is 43.4 Å². The number of hydrogen-bond acceptors (Lipinski definition) is 3.